The number of nitrogens with zero attached hydrogens (tertiary/aromatic N) is 3. The van der Waals surface area contributed by atoms with E-state index in [1.807, 2.05) is 25.1 Å². The van der Waals surface area contributed by atoms with Gasteiger partial charge in [0.05, 0.1) is 21.6 Å². The number of hydrogen-bond donors (Lipinski definition) is 4. The minimum atomic E-state index is -3.65. The van der Waals surface area contributed by atoms with E-state index in [2.05, 4.69) is 72.2 Å². The average molecular weight is 626 g/mol. The lowest BCUT2D eigenvalue weighted by Gasteiger charge is -2.16. The molecule has 1 aromatic heterocycles. The Labute approximate surface area is 226 Å². The van der Waals surface area contributed by atoms with Crippen molar-refractivity contribution in [2.75, 3.05) is 56.8 Å². The summed E-state index contributed by atoms with van der Waals surface area (Å²) in [5.74, 6) is 1.50. The smallest absolute Gasteiger partial charge is 0.242 e. The summed E-state index contributed by atoms with van der Waals surface area (Å²) in [7, 11) is 1.85. The van der Waals surface area contributed by atoms with Crippen LogP contribution in [0.1, 0.15) is 13.3 Å². The van der Waals surface area contributed by atoms with Gasteiger partial charge >= 0.3 is 0 Å². The van der Waals surface area contributed by atoms with Crippen molar-refractivity contribution in [3.8, 4) is 5.75 Å². The molecule has 0 aliphatic heterocycles. The Morgan fingerprint density at radius 2 is 1.86 bits per heavy atom. The topological polar surface area (TPSA) is 121 Å². The summed E-state index contributed by atoms with van der Waals surface area (Å²) < 4.78 is 33.8. The van der Waals surface area contributed by atoms with Gasteiger partial charge in [-0.05, 0) is 87.9 Å². The van der Waals surface area contributed by atoms with Crippen LogP contribution >= 0.6 is 22.6 Å². The summed E-state index contributed by atoms with van der Waals surface area (Å²) in [4.78, 5) is 11.3. The van der Waals surface area contributed by atoms with Crippen molar-refractivity contribution in [2.24, 2.45) is 0 Å². The number of halogens is 1. The minimum absolute atomic E-state index is 0.128. The van der Waals surface area contributed by atoms with Crippen LogP contribution in [0.5, 0.6) is 5.75 Å². The molecule has 0 unspecified atom stereocenters. The zero-order chi connectivity index (χ0) is 26.1. The van der Waals surface area contributed by atoms with Crippen molar-refractivity contribution in [1.29, 1.82) is 0 Å². The fourth-order valence-corrected chi connectivity index (χ4v) is 4.60. The second-order valence-corrected chi connectivity index (χ2v) is 11.1. The van der Waals surface area contributed by atoms with E-state index in [1.165, 1.54) is 13.1 Å². The third-order valence-corrected chi connectivity index (χ3v) is 7.34. The van der Waals surface area contributed by atoms with E-state index in [0.29, 0.717) is 29.8 Å². The molecular weight excluding hydrogens is 593 g/mol. The quantitative estimate of drug-likeness (QED) is 0.163. The molecule has 4 N–H and O–H groups in total. The molecule has 0 aliphatic carbocycles. The lowest BCUT2D eigenvalue weighted by molar-refractivity contribution is 0.342. The molecule has 3 aromatic rings. The number of nitrogens with one attached hydrogen (secondary N) is 4. The highest BCUT2D eigenvalue weighted by Gasteiger charge is 2.18. The number of para-hydroxylation sites is 1. The van der Waals surface area contributed by atoms with Gasteiger partial charge in [-0.1, -0.05) is 12.1 Å². The third-order valence-electron chi connectivity index (χ3n) is 5.08. The van der Waals surface area contributed by atoms with E-state index in [9.17, 15) is 8.42 Å². The highest BCUT2D eigenvalue weighted by atomic mass is 127. The summed E-state index contributed by atoms with van der Waals surface area (Å²) in [6.45, 7) is 4.31. The molecule has 1 heterocycles. The van der Waals surface area contributed by atoms with E-state index < -0.39 is 10.0 Å². The molecular formula is C24H32IN7O3S. The molecule has 0 bridgehead atoms. The Hall–Kier alpha value is -2.68. The lowest BCUT2D eigenvalue weighted by Crippen LogP contribution is -2.19. The van der Waals surface area contributed by atoms with E-state index in [0.717, 1.165) is 34.5 Å². The number of sulfonamides is 1. The second kappa shape index (κ2) is 13.0. The monoisotopic (exact) mass is 625 g/mol. The van der Waals surface area contributed by atoms with Gasteiger partial charge in [0.2, 0.25) is 16.0 Å². The fourth-order valence-electron chi connectivity index (χ4n) is 3.32. The van der Waals surface area contributed by atoms with Crippen LogP contribution in [0.4, 0.5) is 28.8 Å². The maximum atomic E-state index is 12.4. The fraction of sp³-hybridized carbons (Fsp3) is 0.333. The number of aromatic nitrogens is 2. The summed E-state index contributed by atoms with van der Waals surface area (Å²) in [6, 6.07) is 12.5. The van der Waals surface area contributed by atoms with Crippen molar-refractivity contribution in [3.63, 3.8) is 0 Å². The van der Waals surface area contributed by atoms with E-state index in [-0.39, 0.29) is 4.90 Å². The molecule has 12 heteroatoms. The van der Waals surface area contributed by atoms with Gasteiger partial charge in [-0.2, -0.15) is 4.98 Å². The first-order valence-electron chi connectivity index (χ1n) is 11.5. The molecule has 2 aromatic carbocycles. The van der Waals surface area contributed by atoms with Crippen molar-refractivity contribution < 1.29 is 13.2 Å². The van der Waals surface area contributed by atoms with Crippen LogP contribution in [0.25, 0.3) is 0 Å². The zero-order valence-corrected chi connectivity index (χ0v) is 23.8. The van der Waals surface area contributed by atoms with Gasteiger partial charge in [-0.3, -0.25) is 0 Å². The number of rotatable bonds is 13. The van der Waals surface area contributed by atoms with E-state index >= 15 is 0 Å². The Kier molecular flexibility index (Phi) is 10.1. The number of benzene rings is 2. The molecule has 0 saturated heterocycles. The molecule has 0 saturated carbocycles. The zero-order valence-electron chi connectivity index (χ0n) is 20.8. The molecule has 0 amide bonds. The van der Waals surface area contributed by atoms with Crippen LogP contribution in [0.15, 0.2) is 53.6 Å². The number of ether oxygens (including phenoxy) is 1. The largest absolute Gasteiger partial charge is 0.492 e. The van der Waals surface area contributed by atoms with Gasteiger partial charge in [0.15, 0.2) is 0 Å². The molecule has 0 radical (unpaired) electrons. The summed E-state index contributed by atoms with van der Waals surface area (Å²) in [5, 5.41) is 9.78. The highest BCUT2D eigenvalue weighted by molar-refractivity contribution is 14.1. The molecule has 0 atom stereocenters. The average Bonchev–Trinajstić information content (AvgIpc) is 2.85. The number of hydrogen-bond acceptors (Lipinski definition) is 9. The number of anilines is 5. The summed E-state index contributed by atoms with van der Waals surface area (Å²) >= 11 is 2.10. The Morgan fingerprint density at radius 1 is 1.08 bits per heavy atom. The molecule has 0 spiro atoms. The Morgan fingerprint density at radius 3 is 2.58 bits per heavy atom. The normalized spacial score (nSPS) is 11.4. The van der Waals surface area contributed by atoms with Crippen molar-refractivity contribution in [1.82, 2.24) is 19.6 Å². The van der Waals surface area contributed by atoms with Gasteiger partial charge in [-0.15, -0.1) is 0 Å². The summed E-state index contributed by atoms with van der Waals surface area (Å²) in [6.07, 6.45) is 2.69. The van der Waals surface area contributed by atoms with Gasteiger partial charge in [0.1, 0.15) is 16.5 Å². The molecule has 3 rings (SSSR count). The van der Waals surface area contributed by atoms with Crippen LogP contribution in [0.2, 0.25) is 0 Å². The standard InChI is InChI=1S/C24H32IN7O3S/c1-5-35-21-15-17(27-13-8-14-32(3)4)11-12-19(21)30-24-28-16-18(25)23(31-24)29-20-9-6-7-10-22(20)36(33,34)26-2/h6-7,9-12,15-16,26-27H,5,8,13-14H2,1-4H3,(H2,28,29,30,31). The van der Waals surface area contributed by atoms with Gasteiger partial charge in [0.25, 0.3) is 0 Å². The van der Waals surface area contributed by atoms with Crippen molar-refractivity contribution in [3.05, 3.63) is 52.2 Å². The first kappa shape index (κ1) is 27.9. The Bertz CT molecular complexity index is 1270. The van der Waals surface area contributed by atoms with E-state index in [4.69, 9.17) is 4.74 Å². The van der Waals surface area contributed by atoms with Gasteiger partial charge in [-0.25, -0.2) is 18.1 Å². The second-order valence-electron chi connectivity index (χ2n) is 8.07. The predicted molar refractivity (Wildman–Crippen MR) is 153 cm³/mol. The van der Waals surface area contributed by atoms with Crippen LogP contribution in [-0.4, -0.2) is 64.1 Å². The van der Waals surface area contributed by atoms with Crippen LogP contribution < -0.4 is 25.4 Å². The first-order chi connectivity index (χ1) is 17.2. The molecule has 10 nitrogen and oxygen atoms in total. The van der Waals surface area contributed by atoms with Crippen molar-refractivity contribution in [2.45, 2.75) is 18.2 Å². The van der Waals surface area contributed by atoms with Crippen LogP contribution in [0.3, 0.4) is 0 Å². The molecule has 0 fully saturated rings. The van der Waals surface area contributed by atoms with Crippen LogP contribution in [-0.2, 0) is 10.0 Å². The molecule has 194 valence electrons. The minimum Gasteiger partial charge on any atom is -0.492 e. The highest BCUT2D eigenvalue weighted by Crippen LogP contribution is 2.32. The Balaban J connectivity index is 1.81. The summed E-state index contributed by atoms with van der Waals surface area (Å²) in [5.41, 5.74) is 2.10. The maximum Gasteiger partial charge on any atom is 0.242 e. The van der Waals surface area contributed by atoms with Crippen LogP contribution in [0, 0.1) is 3.57 Å². The van der Waals surface area contributed by atoms with Crippen molar-refractivity contribution >= 4 is 61.4 Å². The first-order valence-corrected chi connectivity index (χ1v) is 14.0. The molecule has 0 aliphatic rings. The van der Waals surface area contributed by atoms with Gasteiger partial charge < -0.3 is 25.6 Å². The third kappa shape index (κ3) is 7.66. The maximum absolute atomic E-state index is 12.4. The lowest BCUT2D eigenvalue weighted by atomic mass is 10.2. The SMILES string of the molecule is CCOc1cc(NCCCN(C)C)ccc1Nc1ncc(I)c(Nc2ccccc2S(=O)(=O)NC)n1. The van der Waals surface area contributed by atoms with Gasteiger partial charge in [0, 0.05) is 24.5 Å². The predicted octanol–water partition coefficient (Wildman–Crippen LogP) is 4.24. The molecule has 36 heavy (non-hydrogen) atoms. The van der Waals surface area contributed by atoms with E-state index in [1.54, 1.807) is 24.4 Å².